The van der Waals surface area contributed by atoms with Crippen LogP contribution >= 0.6 is 0 Å². The molecule has 5 rings (SSSR count). The van der Waals surface area contributed by atoms with Crippen LogP contribution in [0, 0.1) is 12.7 Å². The minimum atomic E-state index is -0.247. The summed E-state index contributed by atoms with van der Waals surface area (Å²) in [7, 11) is 0. The van der Waals surface area contributed by atoms with Crippen molar-refractivity contribution < 1.29 is 9.18 Å². The molecule has 2 bridgehead atoms. The number of amides is 1. The van der Waals surface area contributed by atoms with Gasteiger partial charge < -0.3 is 9.88 Å². The van der Waals surface area contributed by atoms with E-state index in [-0.39, 0.29) is 29.4 Å². The number of aromatic amines is 1. The lowest BCUT2D eigenvalue weighted by Crippen LogP contribution is -2.46. The van der Waals surface area contributed by atoms with Crippen LogP contribution in [0.5, 0.6) is 0 Å². The van der Waals surface area contributed by atoms with Gasteiger partial charge in [-0.25, -0.2) is 4.39 Å². The van der Waals surface area contributed by atoms with Gasteiger partial charge in [0.15, 0.2) is 0 Å². The molecule has 3 atom stereocenters. The molecule has 28 heavy (non-hydrogen) atoms. The topological polar surface area (TPSA) is 70.5 Å². The lowest BCUT2D eigenvalue weighted by atomic mass is 9.85. The Labute approximate surface area is 161 Å². The van der Waals surface area contributed by atoms with E-state index < -0.39 is 0 Å². The quantitative estimate of drug-likeness (QED) is 0.743. The van der Waals surface area contributed by atoms with Gasteiger partial charge in [0.25, 0.3) is 11.5 Å². The molecule has 0 spiro atoms. The van der Waals surface area contributed by atoms with E-state index in [4.69, 9.17) is 0 Å². The summed E-state index contributed by atoms with van der Waals surface area (Å²) in [5, 5.41) is 4.11. The molecule has 6 nitrogen and oxygen atoms in total. The summed E-state index contributed by atoms with van der Waals surface area (Å²) in [6, 6.07) is 8.51. The minimum absolute atomic E-state index is 0.0682. The SMILES string of the molecule is Cc1cc(=O)n2ncc(C(=O)N3[C@@H]4CC[C@H]3C[C@@H](c3ccc(F)cc3)C4)c2[nH]1. The van der Waals surface area contributed by atoms with Gasteiger partial charge in [0.05, 0.1) is 6.20 Å². The van der Waals surface area contributed by atoms with Crippen LogP contribution in [0.2, 0.25) is 0 Å². The zero-order valence-electron chi connectivity index (χ0n) is 15.6. The highest BCUT2D eigenvalue weighted by Crippen LogP contribution is 2.43. The van der Waals surface area contributed by atoms with Crippen molar-refractivity contribution in [3.8, 4) is 0 Å². The van der Waals surface area contributed by atoms with Crippen LogP contribution in [0.1, 0.15) is 53.2 Å². The molecular formula is C21H21FN4O2. The number of carbonyl (C=O) groups is 1. The molecule has 144 valence electrons. The van der Waals surface area contributed by atoms with Crippen molar-refractivity contribution in [1.29, 1.82) is 0 Å². The fraction of sp³-hybridized carbons (Fsp3) is 0.381. The third-order valence-electron chi connectivity index (χ3n) is 6.17. The number of piperidine rings is 1. The second-order valence-electron chi connectivity index (χ2n) is 7.93. The number of nitrogens with one attached hydrogen (secondary N) is 1. The normalized spacial score (nSPS) is 24.1. The number of halogens is 1. The summed E-state index contributed by atoms with van der Waals surface area (Å²) in [6.07, 6.45) is 5.19. The van der Waals surface area contributed by atoms with Gasteiger partial charge in [-0.2, -0.15) is 9.61 Å². The molecule has 1 amide bonds. The first-order valence-electron chi connectivity index (χ1n) is 9.67. The molecule has 2 aromatic heterocycles. The van der Waals surface area contributed by atoms with Gasteiger partial charge in [-0.05, 0) is 56.2 Å². The maximum absolute atomic E-state index is 13.3. The molecule has 7 heteroatoms. The van der Waals surface area contributed by atoms with Crippen molar-refractivity contribution in [2.24, 2.45) is 0 Å². The smallest absolute Gasteiger partial charge is 0.274 e. The lowest BCUT2D eigenvalue weighted by Gasteiger charge is -2.39. The Balaban J connectivity index is 1.45. The van der Waals surface area contributed by atoms with Crippen molar-refractivity contribution in [2.45, 2.75) is 50.6 Å². The molecule has 2 saturated heterocycles. The summed E-state index contributed by atoms with van der Waals surface area (Å²) in [4.78, 5) is 30.5. The molecule has 3 aromatic rings. The summed E-state index contributed by atoms with van der Waals surface area (Å²) >= 11 is 0. The lowest BCUT2D eigenvalue weighted by molar-refractivity contribution is 0.0573. The average Bonchev–Trinajstić information content (AvgIpc) is 3.20. The largest absolute Gasteiger partial charge is 0.343 e. The predicted molar refractivity (Wildman–Crippen MR) is 102 cm³/mol. The number of H-pyrrole nitrogens is 1. The standard InChI is InChI=1S/C21H21FN4O2/c1-12-8-19(27)26-20(24-12)18(11-23-26)21(28)25-16-6-7-17(25)10-14(9-16)13-2-4-15(22)5-3-13/h2-5,8,11,14,16-17,24H,6-7,9-10H2,1H3/t14-,16+,17-. The number of aromatic nitrogens is 3. The monoisotopic (exact) mass is 380 g/mol. The second-order valence-corrected chi connectivity index (χ2v) is 7.93. The first kappa shape index (κ1) is 17.2. The van der Waals surface area contributed by atoms with E-state index in [1.54, 1.807) is 6.92 Å². The second kappa shape index (κ2) is 6.29. The molecule has 0 unspecified atom stereocenters. The molecule has 1 N–H and O–H groups in total. The van der Waals surface area contributed by atoms with Gasteiger partial charge >= 0.3 is 0 Å². The van der Waals surface area contributed by atoms with E-state index in [0.717, 1.165) is 31.2 Å². The number of hydrogen-bond donors (Lipinski definition) is 1. The summed E-state index contributed by atoms with van der Waals surface area (Å²) in [5.41, 5.74) is 2.49. The van der Waals surface area contributed by atoms with Crippen LogP contribution < -0.4 is 5.56 Å². The third kappa shape index (κ3) is 2.65. The van der Waals surface area contributed by atoms with Crippen LogP contribution in [0.3, 0.4) is 0 Å². The van der Waals surface area contributed by atoms with Crippen LogP contribution in [0.4, 0.5) is 4.39 Å². The average molecular weight is 380 g/mol. The Morgan fingerprint density at radius 1 is 1.18 bits per heavy atom. The zero-order chi connectivity index (χ0) is 19.4. The van der Waals surface area contributed by atoms with Gasteiger partial charge in [0, 0.05) is 23.8 Å². The Hall–Kier alpha value is -2.96. The summed E-state index contributed by atoms with van der Waals surface area (Å²) < 4.78 is 14.5. The molecule has 2 fully saturated rings. The van der Waals surface area contributed by atoms with Crippen LogP contribution in [-0.4, -0.2) is 37.5 Å². The van der Waals surface area contributed by atoms with Crippen LogP contribution in [0.15, 0.2) is 41.3 Å². The highest BCUT2D eigenvalue weighted by atomic mass is 19.1. The Morgan fingerprint density at radius 3 is 2.54 bits per heavy atom. The first-order chi connectivity index (χ1) is 13.5. The fourth-order valence-corrected chi connectivity index (χ4v) is 4.92. The number of benzene rings is 1. The summed E-state index contributed by atoms with van der Waals surface area (Å²) in [5.74, 6) is 0.0473. The highest BCUT2D eigenvalue weighted by molar-refractivity contribution is 6.00. The highest BCUT2D eigenvalue weighted by Gasteiger charge is 2.44. The third-order valence-corrected chi connectivity index (χ3v) is 6.17. The number of carbonyl (C=O) groups excluding carboxylic acids is 1. The number of rotatable bonds is 2. The molecular weight excluding hydrogens is 359 g/mol. The van der Waals surface area contributed by atoms with Gasteiger partial charge in [-0.15, -0.1) is 0 Å². The molecule has 2 aliphatic rings. The van der Waals surface area contributed by atoms with E-state index in [1.165, 1.54) is 28.9 Å². The number of fused-ring (bicyclic) bond motifs is 3. The maximum atomic E-state index is 13.3. The van der Waals surface area contributed by atoms with Crippen molar-refractivity contribution in [1.82, 2.24) is 19.5 Å². The first-order valence-corrected chi connectivity index (χ1v) is 9.67. The van der Waals surface area contributed by atoms with Crippen molar-refractivity contribution in [3.05, 3.63) is 69.5 Å². The predicted octanol–water partition coefficient (Wildman–Crippen LogP) is 3.02. The van der Waals surface area contributed by atoms with E-state index in [1.807, 2.05) is 17.0 Å². The van der Waals surface area contributed by atoms with Crippen molar-refractivity contribution in [3.63, 3.8) is 0 Å². The van der Waals surface area contributed by atoms with E-state index in [2.05, 4.69) is 10.1 Å². The van der Waals surface area contributed by atoms with Gasteiger partial charge in [0.1, 0.15) is 17.0 Å². The fourth-order valence-electron chi connectivity index (χ4n) is 4.92. The number of hydrogen-bond acceptors (Lipinski definition) is 3. The van der Waals surface area contributed by atoms with E-state index in [9.17, 15) is 14.0 Å². The molecule has 0 radical (unpaired) electrons. The van der Waals surface area contributed by atoms with E-state index in [0.29, 0.717) is 22.8 Å². The number of aryl methyl sites for hydroxylation is 1. The summed E-state index contributed by atoms with van der Waals surface area (Å²) in [6.45, 7) is 1.79. The van der Waals surface area contributed by atoms with Gasteiger partial charge in [0.2, 0.25) is 0 Å². The van der Waals surface area contributed by atoms with Crippen molar-refractivity contribution >= 4 is 11.6 Å². The number of nitrogens with zero attached hydrogens (tertiary/aromatic N) is 3. The molecule has 2 aliphatic heterocycles. The minimum Gasteiger partial charge on any atom is -0.343 e. The Kier molecular flexibility index (Phi) is 3.86. The van der Waals surface area contributed by atoms with Gasteiger partial charge in [-0.1, -0.05) is 12.1 Å². The Morgan fingerprint density at radius 2 is 1.86 bits per heavy atom. The molecule has 0 saturated carbocycles. The maximum Gasteiger partial charge on any atom is 0.274 e. The molecule has 0 aliphatic carbocycles. The van der Waals surface area contributed by atoms with Crippen LogP contribution in [0.25, 0.3) is 5.65 Å². The Bertz CT molecular complexity index is 1100. The van der Waals surface area contributed by atoms with Crippen molar-refractivity contribution in [2.75, 3.05) is 0 Å². The molecule has 1 aromatic carbocycles. The van der Waals surface area contributed by atoms with Gasteiger partial charge in [-0.3, -0.25) is 9.59 Å². The van der Waals surface area contributed by atoms with Crippen LogP contribution in [-0.2, 0) is 0 Å². The van der Waals surface area contributed by atoms with E-state index >= 15 is 0 Å². The zero-order valence-corrected chi connectivity index (χ0v) is 15.6. The molecule has 4 heterocycles.